The van der Waals surface area contributed by atoms with E-state index in [0.717, 1.165) is 0 Å². The van der Waals surface area contributed by atoms with Gasteiger partial charge in [0.15, 0.2) is 0 Å². The van der Waals surface area contributed by atoms with Gasteiger partial charge in [-0.3, -0.25) is 4.79 Å². The van der Waals surface area contributed by atoms with Crippen LogP contribution in [0, 0.1) is 0 Å². The summed E-state index contributed by atoms with van der Waals surface area (Å²) < 4.78 is 0. The van der Waals surface area contributed by atoms with Gasteiger partial charge in [0.2, 0.25) is 0 Å². The monoisotopic (exact) mass is 134 g/mol. The van der Waals surface area contributed by atoms with E-state index in [0.29, 0.717) is 0 Å². The molecule has 0 aliphatic carbocycles. The third-order valence-corrected chi connectivity index (χ3v) is 1.84. The molecule has 0 aliphatic rings. The number of rotatable bonds is 3. The summed E-state index contributed by atoms with van der Waals surface area (Å²) in [6.07, 6.45) is 2.18. The van der Waals surface area contributed by atoms with Gasteiger partial charge in [-0.25, -0.2) is 0 Å². The molecule has 0 heterocycles. The Morgan fingerprint density at radius 1 is 1.88 bits per heavy atom. The second-order valence-electron chi connectivity index (χ2n) is 1.64. The first-order valence-electron chi connectivity index (χ1n) is 2.41. The van der Waals surface area contributed by atoms with Gasteiger partial charge in [0.05, 0.1) is 6.42 Å². The average Bonchev–Trinajstić information content (AvgIpc) is 1.65. The first-order valence-corrected chi connectivity index (χ1v) is 3.70. The van der Waals surface area contributed by atoms with Gasteiger partial charge in [0.1, 0.15) is 0 Å². The molecule has 0 aliphatic heterocycles. The lowest BCUT2D eigenvalue weighted by Gasteiger charge is -2.00. The minimum atomic E-state index is -0.716. The number of carbonyl (C=O) groups is 1. The summed E-state index contributed by atoms with van der Waals surface area (Å²) in [6.45, 7) is 1.90. The Hall–Kier alpha value is -0.180. The zero-order valence-electron chi connectivity index (χ0n) is 5.05. The Labute approximate surface area is 53.3 Å². The fourth-order valence-electron chi connectivity index (χ4n) is 0.329. The summed E-state index contributed by atoms with van der Waals surface area (Å²) in [5.41, 5.74) is 0. The van der Waals surface area contributed by atoms with Crippen LogP contribution in [0.15, 0.2) is 0 Å². The summed E-state index contributed by atoms with van der Waals surface area (Å²) in [5, 5.41) is 8.44. The van der Waals surface area contributed by atoms with Crippen molar-refractivity contribution in [1.29, 1.82) is 0 Å². The quantitative estimate of drug-likeness (QED) is 0.630. The minimum Gasteiger partial charge on any atom is -0.481 e. The molecule has 0 bridgehead atoms. The molecule has 0 fully saturated rings. The molecule has 0 saturated carbocycles. The lowest BCUT2D eigenvalue weighted by Crippen LogP contribution is -2.04. The molecule has 8 heavy (non-hydrogen) atoms. The molecule has 0 rings (SSSR count). The van der Waals surface area contributed by atoms with Crippen LogP contribution >= 0.6 is 11.8 Å². The number of hydrogen-bond acceptors (Lipinski definition) is 2. The van der Waals surface area contributed by atoms with Crippen LogP contribution in [0.5, 0.6) is 0 Å². The lowest BCUT2D eigenvalue weighted by atomic mass is 10.3. The van der Waals surface area contributed by atoms with Crippen LogP contribution in [0.1, 0.15) is 13.3 Å². The highest BCUT2D eigenvalue weighted by atomic mass is 32.2. The van der Waals surface area contributed by atoms with Gasteiger partial charge in [-0.2, -0.15) is 11.8 Å². The Morgan fingerprint density at radius 3 is 2.50 bits per heavy atom. The van der Waals surface area contributed by atoms with E-state index in [9.17, 15) is 4.79 Å². The van der Waals surface area contributed by atoms with Crippen LogP contribution in [0.3, 0.4) is 0 Å². The third kappa shape index (κ3) is 3.99. The van der Waals surface area contributed by atoms with Crippen LogP contribution in [0.25, 0.3) is 0 Å². The molecule has 3 heteroatoms. The van der Waals surface area contributed by atoms with Crippen LogP contribution in [-0.4, -0.2) is 22.6 Å². The fourth-order valence-corrected chi connectivity index (χ4v) is 0.638. The van der Waals surface area contributed by atoms with Crippen molar-refractivity contribution in [3.05, 3.63) is 0 Å². The predicted octanol–water partition coefficient (Wildman–Crippen LogP) is 1.21. The molecule has 0 aromatic heterocycles. The SMILES string of the molecule is CS[C@@H](C)CC(=O)O. The van der Waals surface area contributed by atoms with Crippen molar-refractivity contribution in [2.75, 3.05) is 6.26 Å². The van der Waals surface area contributed by atoms with Gasteiger partial charge in [0.25, 0.3) is 0 Å². The molecule has 2 nitrogen and oxygen atoms in total. The van der Waals surface area contributed by atoms with Crippen molar-refractivity contribution in [3.8, 4) is 0 Å². The molecule has 0 saturated heterocycles. The summed E-state index contributed by atoms with van der Waals surface area (Å²) in [4.78, 5) is 9.96. The second kappa shape index (κ2) is 3.78. The maximum absolute atomic E-state index is 9.96. The van der Waals surface area contributed by atoms with E-state index in [2.05, 4.69) is 0 Å². The second-order valence-corrected chi connectivity index (χ2v) is 2.92. The number of carboxylic acid groups (broad SMARTS) is 1. The van der Waals surface area contributed by atoms with Crippen molar-refractivity contribution in [1.82, 2.24) is 0 Å². The van der Waals surface area contributed by atoms with Gasteiger partial charge in [-0.1, -0.05) is 6.92 Å². The lowest BCUT2D eigenvalue weighted by molar-refractivity contribution is -0.136. The van der Waals surface area contributed by atoms with E-state index >= 15 is 0 Å². The molecule has 0 aromatic carbocycles. The van der Waals surface area contributed by atoms with Gasteiger partial charge in [-0.05, 0) is 6.26 Å². The van der Waals surface area contributed by atoms with Crippen LogP contribution in [-0.2, 0) is 4.79 Å². The van der Waals surface area contributed by atoms with Gasteiger partial charge >= 0.3 is 5.97 Å². The highest BCUT2D eigenvalue weighted by Crippen LogP contribution is 2.08. The first kappa shape index (κ1) is 7.82. The minimum absolute atomic E-state index is 0.243. The summed E-state index contributed by atoms with van der Waals surface area (Å²) in [6, 6.07) is 0. The van der Waals surface area contributed by atoms with E-state index < -0.39 is 5.97 Å². The van der Waals surface area contributed by atoms with E-state index in [1.165, 1.54) is 0 Å². The Balaban J connectivity index is 3.24. The largest absolute Gasteiger partial charge is 0.481 e. The van der Waals surface area contributed by atoms with Crippen molar-refractivity contribution >= 4 is 17.7 Å². The highest BCUT2D eigenvalue weighted by Gasteiger charge is 2.03. The first-order chi connectivity index (χ1) is 3.66. The zero-order chi connectivity index (χ0) is 6.57. The fraction of sp³-hybridized carbons (Fsp3) is 0.800. The molecule has 1 N–H and O–H groups in total. The van der Waals surface area contributed by atoms with Crippen LogP contribution in [0.4, 0.5) is 0 Å². The van der Waals surface area contributed by atoms with Crippen molar-refractivity contribution in [3.63, 3.8) is 0 Å². The smallest absolute Gasteiger partial charge is 0.304 e. The molecule has 0 aromatic rings. The van der Waals surface area contributed by atoms with Crippen LogP contribution in [0.2, 0.25) is 0 Å². The molecular weight excluding hydrogens is 124 g/mol. The summed E-state index contributed by atoms with van der Waals surface area (Å²) >= 11 is 1.57. The Morgan fingerprint density at radius 2 is 2.38 bits per heavy atom. The molecule has 0 unspecified atom stereocenters. The standard InChI is InChI=1S/C5H10O2S/c1-4(8-2)3-5(6)7/h4H,3H2,1-2H3,(H,6,7)/t4-/m0/s1. The zero-order valence-corrected chi connectivity index (χ0v) is 5.86. The third-order valence-electron chi connectivity index (χ3n) is 0.864. The van der Waals surface area contributed by atoms with Crippen molar-refractivity contribution in [2.24, 2.45) is 0 Å². The summed E-state index contributed by atoms with van der Waals surface area (Å²) in [5.74, 6) is -0.716. The Kier molecular flexibility index (Phi) is 3.69. The number of aliphatic carboxylic acids is 1. The van der Waals surface area contributed by atoms with Crippen molar-refractivity contribution in [2.45, 2.75) is 18.6 Å². The van der Waals surface area contributed by atoms with Gasteiger partial charge < -0.3 is 5.11 Å². The van der Waals surface area contributed by atoms with E-state index in [1.54, 1.807) is 11.8 Å². The Bertz CT molecular complexity index is 82.5. The van der Waals surface area contributed by atoms with Crippen LogP contribution < -0.4 is 0 Å². The molecular formula is C5H10O2S. The molecule has 0 spiro atoms. The number of carboxylic acids is 1. The van der Waals surface area contributed by atoms with Crippen molar-refractivity contribution < 1.29 is 9.90 Å². The number of thioether (sulfide) groups is 1. The molecule has 1 atom stereocenters. The molecule has 48 valence electrons. The average molecular weight is 134 g/mol. The van der Waals surface area contributed by atoms with Gasteiger partial charge in [0, 0.05) is 5.25 Å². The van der Waals surface area contributed by atoms with E-state index in [4.69, 9.17) is 5.11 Å². The molecule has 0 amide bonds. The maximum Gasteiger partial charge on any atom is 0.304 e. The normalized spacial score (nSPS) is 13.2. The molecule has 0 radical (unpaired) electrons. The van der Waals surface area contributed by atoms with Gasteiger partial charge in [-0.15, -0.1) is 0 Å². The number of hydrogen-bond donors (Lipinski definition) is 1. The summed E-state index contributed by atoms with van der Waals surface area (Å²) in [7, 11) is 0. The maximum atomic E-state index is 9.96. The van der Waals surface area contributed by atoms with E-state index in [-0.39, 0.29) is 11.7 Å². The highest BCUT2D eigenvalue weighted by molar-refractivity contribution is 7.99. The predicted molar refractivity (Wildman–Crippen MR) is 35.2 cm³/mol. The topological polar surface area (TPSA) is 37.3 Å². The van der Waals surface area contributed by atoms with E-state index in [1.807, 2.05) is 13.2 Å².